The first-order valence-electron chi connectivity index (χ1n) is 10.2. The monoisotopic (exact) mass is 487 g/mol. The van der Waals surface area contributed by atoms with Crippen molar-refractivity contribution in [3.05, 3.63) is 48.3 Å². The van der Waals surface area contributed by atoms with E-state index in [2.05, 4.69) is 14.9 Å². The van der Waals surface area contributed by atoms with E-state index in [1.54, 1.807) is 19.1 Å². The highest BCUT2D eigenvalue weighted by Crippen LogP contribution is 2.40. The minimum absolute atomic E-state index is 0. The van der Waals surface area contributed by atoms with Crippen molar-refractivity contribution in [3.8, 4) is 11.5 Å². The number of ether oxygens (including phenoxy) is 2. The molecule has 2 aromatic carbocycles. The summed E-state index contributed by atoms with van der Waals surface area (Å²) < 4.78 is 11.8. The van der Waals surface area contributed by atoms with Gasteiger partial charge in [-0.1, -0.05) is 23.5 Å². The maximum Gasteiger partial charge on any atom is 0.280 e. The quantitative estimate of drug-likeness (QED) is 0.367. The number of methoxy groups -OCH3 is 2. The standard InChI is InChI=1S/C23H25N5O3S.ClH/c1-27(2)12-7-13-28(22(29)17-14-24-15-8-5-6-9-16(15)25-17)23-26-20-18(30-3)10-11-19(31-4)21(20)32-23;/h5-6,8-11,14H,7,12-13H2,1-4H3;1H. The maximum atomic E-state index is 13.6. The molecular weight excluding hydrogens is 462 g/mol. The number of fused-ring (bicyclic) bond motifs is 2. The van der Waals surface area contributed by atoms with Crippen LogP contribution >= 0.6 is 23.7 Å². The minimum Gasteiger partial charge on any atom is -0.495 e. The number of nitrogens with zero attached hydrogens (tertiary/aromatic N) is 5. The number of thiazole rings is 1. The lowest BCUT2D eigenvalue weighted by Crippen LogP contribution is -2.34. The third-order valence-electron chi connectivity index (χ3n) is 5.03. The fourth-order valence-electron chi connectivity index (χ4n) is 3.42. The summed E-state index contributed by atoms with van der Waals surface area (Å²) >= 11 is 1.40. The number of aromatic nitrogens is 3. The smallest absolute Gasteiger partial charge is 0.280 e. The van der Waals surface area contributed by atoms with Crippen LogP contribution in [-0.4, -0.2) is 67.2 Å². The van der Waals surface area contributed by atoms with Crippen LogP contribution in [0, 0.1) is 0 Å². The van der Waals surface area contributed by atoms with E-state index in [9.17, 15) is 4.79 Å². The highest BCUT2D eigenvalue weighted by Gasteiger charge is 2.25. The van der Waals surface area contributed by atoms with Crippen LogP contribution in [0.2, 0.25) is 0 Å². The molecule has 1 amide bonds. The van der Waals surface area contributed by atoms with Crippen molar-refractivity contribution in [2.75, 3.05) is 46.3 Å². The van der Waals surface area contributed by atoms with Gasteiger partial charge in [-0.3, -0.25) is 14.7 Å². The van der Waals surface area contributed by atoms with Gasteiger partial charge in [0.05, 0.1) is 31.4 Å². The van der Waals surface area contributed by atoms with Crippen molar-refractivity contribution in [1.82, 2.24) is 19.9 Å². The number of halogens is 1. The first kappa shape index (κ1) is 24.6. The molecule has 0 spiro atoms. The summed E-state index contributed by atoms with van der Waals surface area (Å²) in [6.07, 6.45) is 2.31. The van der Waals surface area contributed by atoms with Gasteiger partial charge in [0.25, 0.3) is 5.91 Å². The summed E-state index contributed by atoms with van der Waals surface area (Å²) in [5.74, 6) is 1.09. The molecular formula is C23H26ClN5O3S. The van der Waals surface area contributed by atoms with Gasteiger partial charge in [0.1, 0.15) is 27.4 Å². The Morgan fingerprint density at radius 1 is 0.970 bits per heavy atom. The molecule has 0 bridgehead atoms. The zero-order chi connectivity index (χ0) is 22.7. The molecule has 0 saturated carbocycles. The number of carbonyl (C=O) groups is 1. The molecule has 33 heavy (non-hydrogen) atoms. The summed E-state index contributed by atoms with van der Waals surface area (Å²) in [5, 5.41) is 0.571. The highest BCUT2D eigenvalue weighted by atomic mass is 35.5. The molecule has 4 rings (SSSR count). The Labute approximate surface area is 202 Å². The molecule has 0 saturated heterocycles. The van der Waals surface area contributed by atoms with Crippen LogP contribution in [0.15, 0.2) is 42.6 Å². The van der Waals surface area contributed by atoms with E-state index >= 15 is 0 Å². The number of anilines is 1. The van der Waals surface area contributed by atoms with Gasteiger partial charge in [-0.05, 0) is 51.3 Å². The number of para-hydroxylation sites is 2. The number of hydrogen-bond acceptors (Lipinski definition) is 8. The molecule has 0 N–H and O–H groups in total. The van der Waals surface area contributed by atoms with E-state index in [4.69, 9.17) is 14.5 Å². The molecule has 0 aliphatic carbocycles. The molecule has 0 radical (unpaired) electrons. The third-order valence-corrected chi connectivity index (χ3v) is 6.12. The summed E-state index contributed by atoms with van der Waals surface area (Å²) in [5.41, 5.74) is 2.38. The second-order valence-electron chi connectivity index (χ2n) is 7.50. The van der Waals surface area contributed by atoms with Gasteiger partial charge in [-0.2, -0.15) is 0 Å². The summed E-state index contributed by atoms with van der Waals surface area (Å²) in [4.78, 5) is 31.0. The number of amides is 1. The predicted octanol–water partition coefficient (Wildman–Crippen LogP) is 4.28. The molecule has 0 aliphatic heterocycles. The molecule has 0 aliphatic rings. The Balaban J connectivity index is 0.00000306. The predicted molar refractivity (Wildman–Crippen MR) is 134 cm³/mol. The summed E-state index contributed by atoms with van der Waals surface area (Å²) in [7, 11) is 7.24. The second kappa shape index (κ2) is 10.7. The Morgan fingerprint density at radius 3 is 2.36 bits per heavy atom. The molecule has 174 valence electrons. The van der Waals surface area contributed by atoms with Gasteiger partial charge >= 0.3 is 0 Å². The lowest BCUT2D eigenvalue weighted by Gasteiger charge is -2.20. The molecule has 0 atom stereocenters. The van der Waals surface area contributed by atoms with E-state index in [0.29, 0.717) is 34.2 Å². The normalized spacial score (nSPS) is 10.9. The maximum absolute atomic E-state index is 13.6. The highest BCUT2D eigenvalue weighted by molar-refractivity contribution is 7.22. The topological polar surface area (TPSA) is 80.7 Å². The Bertz CT molecular complexity index is 1220. The first-order chi connectivity index (χ1) is 15.5. The van der Waals surface area contributed by atoms with E-state index in [0.717, 1.165) is 23.2 Å². The number of rotatable bonds is 8. The van der Waals surface area contributed by atoms with E-state index in [1.807, 2.05) is 50.5 Å². The van der Waals surface area contributed by atoms with Gasteiger partial charge in [0.15, 0.2) is 5.13 Å². The fraction of sp³-hybridized carbons (Fsp3) is 0.304. The summed E-state index contributed by atoms with van der Waals surface area (Å²) in [6, 6.07) is 11.2. The average molecular weight is 488 g/mol. The van der Waals surface area contributed by atoms with Crippen LogP contribution in [0.25, 0.3) is 21.3 Å². The Morgan fingerprint density at radius 2 is 1.67 bits per heavy atom. The Hall–Kier alpha value is -3.01. The van der Waals surface area contributed by atoms with Crippen molar-refractivity contribution in [2.45, 2.75) is 6.42 Å². The first-order valence-corrected chi connectivity index (χ1v) is 11.0. The third kappa shape index (κ3) is 5.16. The van der Waals surface area contributed by atoms with Gasteiger partial charge in [0, 0.05) is 6.54 Å². The zero-order valence-corrected chi connectivity index (χ0v) is 20.6. The van der Waals surface area contributed by atoms with Crippen molar-refractivity contribution >= 4 is 56.0 Å². The van der Waals surface area contributed by atoms with Crippen LogP contribution < -0.4 is 14.4 Å². The van der Waals surface area contributed by atoms with E-state index in [1.165, 1.54) is 17.5 Å². The molecule has 10 heteroatoms. The largest absolute Gasteiger partial charge is 0.495 e. The molecule has 8 nitrogen and oxygen atoms in total. The lowest BCUT2D eigenvalue weighted by molar-refractivity contribution is 0.0981. The molecule has 0 fully saturated rings. The number of benzene rings is 2. The van der Waals surface area contributed by atoms with Crippen molar-refractivity contribution in [1.29, 1.82) is 0 Å². The number of hydrogen-bond donors (Lipinski definition) is 0. The van der Waals surface area contributed by atoms with Crippen molar-refractivity contribution in [3.63, 3.8) is 0 Å². The van der Waals surface area contributed by atoms with E-state index < -0.39 is 0 Å². The SMILES string of the molecule is COc1ccc(OC)c2sc(N(CCCN(C)C)C(=O)c3cnc4ccccc4n3)nc12.Cl. The second-order valence-corrected chi connectivity index (χ2v) is 8.48. The van der Waals surface area contributed by atoms with E-state index in [-0.39, 0.29) is 24.0 Å². The zero-order valence-electron chi connectivity index (χ0n) is 18.9. The Kier molecular flexibility index (Phi) is 8.01. The lowest BCUT2D eigenvalue weighted by atomic mass is 10.2. The number of carbonyl (C=O) groups excluding carboxylic acids is 1. The molecule has 0 unspecified atom stereocenters. The van der Waals surface area contributed by atoms with Crippen LogP contribution in [0.3, 0.4) is 0 Å². The van der Waals surface area contributed by atoms with Crippen molar-refractivity contribution < 1.29 is 14.3 Å². The fourth-order valence-corrected chi connectivity index (χ4v) is 4.52. The molecule has 4 aromatic rings. The van der Waals surface area contributed by atoms with Gasteiger partial charge in [0.2, 0.25) is 0 Å². The van der Waals surface area contributed by atoms with Crippen LogP contribution in [-0.2, 0) is 0 Å². The van der Waals surface area contributed by atoms with Crippen molar-refractivity contribution in [2.24, 2.45) is 0 Å². The van der Waals surface area contributed by atoms with Crippen LogP contribution in [0.5, 0.6) is 11.5 Å². The van der Waals surface area contributed by atoms with Gasteiger partial charge < -0.3 is 14.4 Å². The average Bonchev–Trinajstić information content (AvgIpc) is 3.25. The van der Waals surface area contributed by atoms with Crippen LogP contribution in [0.1, 0.15) is 16.9 Å². The van der Waals surface area contributed by atoms with Crippen LogP contribution in [0.4, 0.5) is 5.13 Å². The summed E-state index contributed by atoms with van der Waals surface area (Å²) in [6.45, 7) is 1.33. The van der Waals surface area contributed by atoms with Gasteiger partial charge in [-0.25, -0.2) is 9.97 Å². The minimum atomic E-state index is -0.237. The molecule has 2 aromatic heterocycles. The van der Waals surface area contributed by atoms with Gasteiger partial charge in [-0.15, -0.1) is 12.4 Å². The molecule has 2 heterocycles.